The Bertz CT molecular complexity index is 638. The average molecular weight is 329 g/mol. The minimum atomic E-state index is -0.425. The zero-order valence-corrected chi connectivity index (χ0v) is 13.8. The maximum absolute atomic E-state index is 12.5. The highest BCUT2D eigenvalue weighted by Crippen LogP contribution is 2.21. The van der Waals surface area contributed by atoms with Crippen molar-refractivity contribution in [3.8, 4) is 0 Å². The van der Waals surface area contributed by atoms with Crippen molar-refractivity contribution in [3.63, 3.8) is 0 Å². The highest BCUT2D eigenvalue weighted by molar-refractivity contribution is 5.92. The fraction of sp³-hybridized carbons (Fsp3) is 0.500. The van der Waals surface area contributed by atoms with E-state index in [0.29, 0.717) is 11.6 Å². The van der Waals surface area contributed by atoms with E-state index in [0.717, 1.165) is 39.0 Å². The summed E-state index contributed by atoms with van der Waals surface area (Å²) >= 11 is 0. The first-order valence-electron chi connectivity index (χ1n) is 8.59. The van der Waals surface area contributed by atoms with Crippen LogP contribution in [0.4, 0.5) is 5.69 Å². The predicted octanol–water partition coefficient (Wildman–Crippen LogP) is 2.69. The van der Waals surface area contributed by atoms with Gasteiger partial charge in [0.1, 0.15) is 0 Å². The average Bonchev–Trinajstić information content (AvgIpc) is 3.25. The molecule has 3 rings (SSSR count). The topological polar surface area (TPSA) is 66.7 Å². The second kappa shape index (κ2) is 7.57. The van der Waals surface area contributed by atoms with E-state index in [2.05, 4.69) is 4.90 Å². The third-order valence-electron chi connectivity index (χ3n) is 4.83. The van der Waals surface area contributed by atoms with Crippen LogP contribution in [-0.2, 0) is 4.79 Å². The Morgan fingerprint density at radius 1 is 1.25 bits per heavy atom. The van der Waals surface area contributed by atoms with E-state index in [9.17, 15) is 14.9 Å². The number of carbonyl (C=O) groups excluding carboxylic acids is 1. The monoisotopic (exact) mass is 329 g/mol. The van der Waals surface area contributed by atoms with Crippen LogP contribution in [0.2, 0.25) is 0 Å². The molecule has 24 heavy (non-hydrogen) atoms. The zero-order chi connectivity index (χ0) is 16.9. The molecule has 2 saturated heterocycles. The van der Waals surface area contributed by atoms with Crippen LogP contribution < -0.4 is 0 Å². The van der Waals surface area contributed by atoms with Crippen LogP contribution in [0.1, 0.15) is 31.2 Å². The molecule has 0 radical (unpaired) electrons. The van der Waals surface area contributed by atoms with Gasteiger partial charge in [-0.2, -0.15) is 0 Å². The van der Waals surface area contributed by atoms with Gasteiger partial charge >= 0.3 is 0 Å². The number of nitro groups is 1. The van der Waals surface area contributed by atoms with Crippen molar-refractivity contribution in [2.45, 2.75) is 31.7 Å². The fourth-order valence-corrected chi connectivity index (χ4v) is 3.58. The van der Waals surface area contributed by atoms with Crippen LogP contribution in [0, 0.1) is 10.1 Å². The number of non-ortho nitro benzene ring substituents is 1. The molecular weight excluding hydrogens is 306 g/mol. The molecule has 0 N–H and O–H groups in total. The molecule has 1 atom stereocenters. The molecule has 0 saturated carbocycles. The molecule has 2 fully saturated rings. The Hall–Kier alpha value is -2.21. The predicted molar refractivity (Wildman–Crippen MR) is 92.5 cm³/mol. The van der Waals surface area contributed by atoms with E-state index in [1.807, 2.05) is 4.90 Å². The normalized spacial score (nSPS) is 21.7. The molecular formula is C18H23N3O3. The number of nitro benzene ring substituents is 1. The zero-order valence-electron chi connectivity index (χ0n) is 13.8. The van der Waals surface area contributed by atoms with Crippen LogP contribution in [0.3, 0.4) is 0 Å². The Balaban J connectivity index is 1.62. The number of likely N-dealkylation sites (tertiary alicyclic amines) is 2. The summed E-state index contributed by atoms with van der Waals surface area (Å²) in [6, 6.07) is 6.63. The van der Waals surface area contributed by atoms with Gasteiger partial charge in [0.2, 0.25) is 5.91 Å². The summed E-state index contributed by atoms with van der Waals surface area (Å²) in [6.07, 6.45) is 7.84. The van der Waals surface area contributed by atoms with Gasteiger partial charge in [-0.25, -0.2) is 0 Å². The minimum absolute atomic E-state index is 0.00297. The van der Waals surface area contributed by atoms with Crippen molar-refractivity contribution in [1.82, 2.24) is 9.80 Å². The molecule has 2 aliphatic rings. The molecule has 2 heterocycles. The van der Waals surface area contributed by atoms with Gasteiger partial charge in [0.15, 0.2) is 0 Å². The van der Waals surface area contributed by atoms with Gasteiger partial charge in [0, 0.05) is 37.3 Å². The molecule has 2 aliphatic heterocycles. The Kier molecular flexibility index (Phi) is 5.25. The molecule has 6 nitrogen and oxygen atoms in total. The van der Waals surface area contributed by atoms with Gasteiger partial charge < -0.3 is 9.80 Å². The number of hydrogen-bond donors (Lipinski definition) is 0. The Labute approximate surface area is 141 Å². The summed E-state index contributed by atoms with van der Waals surface area (Å²) in [7, 11) is 0. The molecule has 0 spiro atoms. The maximum atomic E-state index is 12.5. The first-order chi connectivity index (χ1) is 11.6. The summed E-state index contributed by atoms with van der Waals surface area (Å²) in [5.74, 6) is 0.00297. The van der Waals surface area contributed by atoms with E-state index in [1.165, 1.54) is 25.0 Å². The Morgan fingerprint density at radius 2 is 2.04 bits per heavy atom. The number of carbonyl (C=O) groups is 1. The van der Waals surface area contributed by atoms with Crippen LogP contribution in [0.5, 0.6) is 0 Å². The highest BCUT2D eigenvalue weighted by Gasteiger charge is 2.29. The van der Waals surface area contributed by atoms with E-state index >= 15 is 0 Å². The SMILES string of the molecule is O=C(/C=C/c1cccc([N+](=O)[O-])c1)N1CCCC1CN1CCCC1. The number of rotatable bonds is 5. The molecule has 0 bridgehead atoms. The lowest BCUT2D eigenvalue weighted by molar-refractivity contribution is -0.384. The van der Waals surface area contributed by atoms with Crippen molar-refractivity contribution in [1.29, 1.82) is 0 Å². The first-order valence-corrected chi connectivity index (χ1v) is 8.59. The van der Waals surface area contributed by atoms with E-state index < -0.39 is 4.92 Å². The molecule has 6 heteroatoms. The maximum Gasteiger partial charge on any atom is 0.270 e. The van der Waals surface area contributed by atoms with Crippen molar-refractivity contribution in [3.05, 3.63) is 46.0 Å². The lowest BCUT2D eigenvalue weighted by Gasteiger charge is -2.27. The Morgan fingerprint density at radius 3 is 2.79 bits per heavy atom. The quantitative estimate of drug-likeness (QED) is 0.473. The van der Waals surface area contributed by atoms with Crippen LogP contribution in [-0.4, -0.2) is 52.9 Å². The standard InChI is InChI=1S/C18H23N3O3/c22-18(9-8-15-5-3-6-16(13-15)21(23)24)20-12-4-7-17(20)14-19-10-1-2-11-19/h3,5-6,8-9,13,17H,1-2,4,7,10-12,14H2/b9-8+. The van der Waals surface area contributed by atoms with Crippen molar-refractivity contribution < 1.29 is 9.72 Å². The van der Waals surface area contributed by atoms with E-state index in [4.69, 9.17) is 0 Å². The number of benzene rings is 1. The van der Waals surface area contributed by atoms with E-state index in [1.54, 1.807) is 24.3 Å². The molecule has 1 aromatic rings. The molecule has 1 aromatic carbocycles. The third-order valence-corrected chi connectivity index (χ3v) is 4.83. The summed E-state index contributed by atoms with van der Waals surface area (Å²) in [4.78, 5) is 27.3. The molecule has 1 unspecified atom stereocenters. The summed E-state index contributed by atoms with van der Waals surface area (Å²) in [5.41, 5.74) is 0.713. The molecule has 1 amide bonds. The lowest BCUT2D eigenvalue weighted by Crippen LogP contribution is -2.41. The summed E-state index contributed by atoms with van der Waals surface area (Å²) in [6.45, 7) is 4.05. The van der Waals surface area contributed by atoms with Gasteiger partial charge in [-0.15, -0.1) is 0 Å². The van der Waals surface area contributed by atoms with Crippen molar-refractivity contribution in [2.75, 3.05) is 26.2 Å². The summed E-state index contributed by atoms with van der Waals surface area (Å²) in [5, 5.41) is 10.8. The lowest BCUT2D eigenvalue weighted by atomic mass is 10.1. The minimum Gasteiger partial charge on any atom is -0.335 e. The van der Waals surface area contributed by atoms with Crippen LogP contribution in [0.15, 0.2) is 30.3 Å². The number of amides is 1. The van der Waals surface area contributed by atoms with Gasteiger partial charge in [0.25, 0.3) is 5.69 Å². The smallest absolute Gasteiger partial charge is 0.270 e. The highest BCUT2D eigenvalue weighted by atomic mass is 16.6. The number of nitrogens with zero attached hydrogens (tertiary/aromatic N) is 3. The summed E-state index contributed by atoms with van der Waals surface area (Å²) < 4.78 is 0. The van der Waals surface area contributed by atoms with Gasteiger partial charge in [-0.1, -0.05) is 12.1 Å². The van der Waals surface area contributed by atoms with Gasteiger partial charge in [-0.3, -0.25) is 14.9 Å². The first kappa shape index (κ1) is 16.6. The van der Waals surface area contributed by atoms with E-state index in [-0.39, 0.29) is 11.6 Å². The van der Waals surface area contributed by atoms with Crippen molar-refractivity contribution >= 4 is 17.7 Å². The number of hydrogen-bond acceptors (Lipinski definition) is 4. The van der Waals surface area contributed by atoms with Crippen LogP contribution in [0.25, 0.3) is 6.08 Å². The third kappa shape index (κ3) is 4.00. The molecule has 0 aliphatic carbocycles. The molecule has 128 valence electrons. The second-order valence-corrected chi connectivity index (χ2v) is 6.52. The van der Waals surface area contributed by atoms with Crippen molar-refractivity contribution in [2.24, 2.45) is 0 Å². The fourth-order valence-electron chi connectivity index (χ4n) is 3.58. The van der Waals surface area contributed by atoms with Gasteiger partial charge in [-0.05, 0) is 50.4 Å². The van der Waals surface area contributed by atoms with Gasteiger partial charge in [0.05, 0.1) is 4.92 Å². The van der Waals surface area contributed by atoms with Crippen LogP contribution >= 0.6 is 0 Å². The molecule has 0 aromatic heterocycles. The second-order valence-electron chi connectivity index (χ2n) is 6.52. The largest absolute Gasteiger partial charge is 0.335 e.